The van der Waals surface area contributed by atoms with Gasteiger partial charge in [0.1, 0.15) is 0 Å². The van der Waals surface area contributed by atoms with Gasteiger partial charge in [0.2, 0.25) is 5.91 Å². The Morgan fingerprint density at radius 1 is 0.694 bits per heavy atom. The van der Waals surface area contributed by atoms with E-state index in [4.69, 9.17) is 5.73 Å². The summed E-state index contributed by atoms with van der Waals surface area (Å²) in [7, 11) is -1.19. The summed E-state index contributed by atoms with van der Waals surface area (Å²) in [6, 6.07) is 43.6. The van der Waals surface area contributed by atoms with Crippen molar-refractivity contribution in [2.45, 2.75) is 11.5 Å². The van der Waals surface area contributed by atoms with Crippen molar-refractivity contribution in [3.05, 3.63) is 121 Å². The van der Waals surface area contributed by atoms with E-state index in [1.54, 1.807) is 0 Å². The van der Waals surface area contributed by atoms with Gasteiger partial charge < -0.3 is 10.6 Å². The predicted octanol–water partition coefficient (Wildman–Crippen LogP) is 3.56. The molecule has 0 bridgehead atoms. The smallest absolute Gasteiger partial charge is 0.236 e. The normalized spacial score (nSPS) is 17.5. The van der Waals surface area contributed by atoms with E-state index in [0.29, 0.717) is 11.5 Å². The van der Waals surface area contributed by atoms with Crippen molar-refractivity contribution in [2.24, 2.45) is 5.73 Å². The van der Waals surface area contributed by atoms with E-state index in [2.05, 4.69) is 121 Å². The zero-order valence-electron chi connectivity index (χ0n) is 20.4. The fourth-order valence-electron chi connectivity index (χ4n) is 5.18. The van der Waals surface area contributed by atoms with Crippen molar-refractivity contribution < 1.29 is 4.79 Å². The monoisotopic (exact) mass is 508 g/mol. The van der Waals surface area contributed by atoms with Crippen LogP contribution in [0.15, 0.2) is 121 Å². The lowest BCUT2D eigenvalue weighted by atomic mass is 9.84. The summed E-state index contributed by atoms with van der Waals surface area (Å²) >= 11 is 0. The average molecular weight is 508 g/mol. The topological polar surface area (TPSA) is 46.3 Å². The maximum atomic E-state index is 12.8. The molecule has 2 atom stereocenters. The molecule has 180 valence electrons. The lowest BCUT2D eigenvalue weighted by Crippen LogP contribution is -2.35. The largest absolute Gasteiger partial charge is 0.341 e. The predicted molar refractivity (Wildman–Crippen MR) is 158 cm³/mol. The summed E-state index contributed by atoms with van der Waals surface area (Å²) in [5.41, 5.74) is 6.22. The molecule has 6 heteroatoms. The zero-order chi connectivity index (χ0) is 24.7. The highest BCUT2D eigenvalue weighted by Gasteiger charge is 2.42. The summed E-state index contributed by atoms with van der Waals surface area (Å²) in [5, 5.41) is 5.54. The molecule has 0 aliphatic carbocycles. The van der Waals surface area contributed by atoms with Crippen LogP contribution >= 0.6 is 15.7 Å². The minimum absolute atomic E-state index is 0.0577. The number of rotatable bonds is 8. The molecule has 1 aliphatic heterocycles. The molecule has 5 rings (SSSR count). The number of hydrogen-bond donors (Lipinski definition) is 1. The minimum Gasteiger partial charge on any atom is -0.341 e. The van der Waals surface area contributed by atoms with Crippen molar-refractivity contribution in [1.82, 2.24) is 4.90 Å². The van der Waals surface area contributed by atoms with Crippen LogP contribution in [0.1, 0.15) is 0 Å². The van der Waals surface area contributed by atoms with E-state index in [1.807, 2.05) is 4.90 Å². The third-order valence-corrected chi connectivity index (χ3v) is 12.5. The Bertz CT molecular complexity index is 1170. The van der Waals surface area contributed by atoms with Crippen LogP contribution in [-0.2, 0) is 4.79 Å². The Morgan fingerprint density at radius 3 is 1.53 bits per heavy atom. The van der Waals surface area contributed by atoms with Crippen molar-refractivity contribution in [3.8, 4) is 0 Å². The Hall–Kier alpha value is -2.77. The molecule has 1 saturated heterocycles. The molecule has 1 fully saturated rings. The Balaban J connectivity index is 1.56. The van der Waals surface area contributed by atoms with Crippen LogP contribution in [0.4, 0.5) is 0 Å². The molecule has 3 nitrogen and oxygen atoms in total. The summed E-state index contributed by atoms with van der Waals surface area (Å²) < 4.78 is 0. The average Bonchev–Trinajstić information content (AvgIpc) is 3.37. The molecule has 0 radical (unpaired) electrons. The Labute approximate surface area is 217 Å². The molecule has 0 aromatic heterocycles. The number of carbonyl (C=O) groups excluding carboxylic acids is 1. The van der Waals surface area contributed by atoms with E-state index >= 15 is 0 Å². The lowest BCUT2D eigenvalue weighted by Gasteiger charge is -2.31. The van der Waals surface area contributed by atoms with Gasteiger partial charge in [0.15, 0.2) is 7.00 Å². The molecule has 1 heterocycles. The number of carbonyl (C=O) groups is 1. The van der Waals surface area contributed by atoms with Crippen LogP contribution in [0, 0.1) is 0 Å². The van der Waals surface area contributed by atoms with Crippen molar-refractivity contribution in [1.29, 1.82) is 0 Å². The maximum Gasteiger partial charge on any atom is 0.236 e. The van der Waals surface area contributed by atoms with Crippen LogP contribution in [0.25, 0.3) is 0 Å². The van der Waals surface area contributed by atoms with Gasteiger partial charge in [-0.3, -0.25) is 4.79 Å². The number of benzene rings is 4. The van der Waals surface area contributed by atoms with E-state index in [1.165, 1.54) is 21.2 Å². The van der Waals surface area contributed by atoms with Gasteiger partial charge >= 0.3 is 0 Å². The summed E-state index contributed by atoms with van der Waals surface area (Å²) in [6.45, 7) is 2.67. The molecule has 36 heavy (non-hydrogen) atoms. The summed E-state index contributed by atoms with van der Waals surface area (Å²) in [5.74, 6) is 0.445. The summed E-state index contributed by atoms with van der Waals surface area (Å²) in [6.07, 6.45) is 0. The van der Waals surface area contributed by atoms with Crippen molar-refractivity contribution in [3.63, 3.8) is 0 Å². The minimum atomic E-state index is -0.640. The van der Waals surface area contributed by atoms with Gasteiger partial charge in [-0.2, -0.15) is 0 Å². The molecule has 0 spiro atoms. The summed E-state index contributed by atoms with van der Waals surface area (Å²) in [4.78, 5) is 14.9. The van der Waals surface area contributed by atoms with Gasteiger partial charge in [0.25, 0.3) is 0 Å². The van der Waals surface area contributed by atoms with E-state index in [-0.39, 0.29) is 12.5 Å². The molecule has 1 amide bonds. The van der Waals surface area contributed by atoms with Gasteiger partial charge in [0, 0.05) is 18.7 Å². The standard InChI is InChI=1S/C30H31BN2OP2/c32-21-30(34)33-22-28(31-36(26-17-9-3-10-18-26)27-19-11-4-12-20-27)29(23-33)35(24-13-5-1-6-14-24)25-15-7-2-8-16-25/h1-20,28-29,31H,21-23,32H2/t28-,29-/m0/s1. The molecule has 2 N–H and O–H groups in total. The number of nitrogens with two attached hydrogens (primary N) is 1. The zero-order valence-corrected chi connectivity index (χ0v) is 22.1. The second-order valence-corrected chi connectivity index (χ2v) is 13.8. The fraction of sp³-hybridized carbons (Fsp3) is 0.167. The second-order valence-electron chi connectivity index (χ2n) is 9.15. The molecule has 4 aromatic rings. The number of amides is 1. The highest BCUT2D eigenvalue weighted by atomic mass is 31.1. The Morgan fingerprint density at radius 2 is 1.11 bits per heavy atom. The molecule has 1 aliphatic rings. The molecule has 0 saturated carbocycles. The van der Waals surface area contributed by atoms with Gasteiger partial charge in [0.05, 0.1) is 6.54 Å². The molecular formula is C30H31BN2OP2. The molecular weight excluding hydrogens is 477 g/mol. The van der Waals surface area contributed by atoms with E-state index in [0.717, 1.165) is 20.1 Å². The first kappa shape index (κ1) is 24.9. The van der Waals surface area contributed by atoms with E-state index < -0.39 is 15.7 Å². The molecule has 4 aromatic carbocycles. The quantitative estimate of drug-likeness (QED) is 0.293. The Kier molecular flexibility index (Phi) is 8.29. The SMILES string of the molecule is NCC(=O)N1C[C@H](BP(c2ccccc2)c2ccccc2)[C@@H](P(c2ccccc2)c2ccccc2)C1. The van der Waals surface area contributed by atoms with Crippen LogP contribution in [-0.4, -0.2) is 43.1 Å². The number of hydrogen-bond acceptors (Lipinski definition) is 2. The number of likely N-dealkylation sites (tertiary alicyclic amines) is 1. The van der Waals surface area contributed by atoms with Crippen molar-refractivity contribution >= 4 is 49.8 Å². The highest BCUT2D eigenvalue weighted by Crippen LogP contribution is 2.51. The van der Waals surface area contributed by atoms with Crippen LogP contribution < -0.4 is 27.0 Å². The van der Waals surface area contributed by atoms with Gasteiger partial charge in [-0.05, 0) is 35.0 Å². The lowest BCUT2D eigenvalue weighted by molar-refractivity contribution is -0.128. The number of nitrogens with zero attached hydrogens (tertiary/aromatic N) is 1. The highest BCUT2D eigenvalue weighted by molar-refractivity contribution is 7.97. The second kappa shape index (κ2) is 12.0. The van der Waals surface area contributed by atoms with Gasteiger partial charge in [-0.1, -0.05) is 129 Å². The van der Waals surface area contributed by atoms with E-state index in [9.17, 15) is 4.79 Å². The van der Waals surface area contributed by atoms with Crippen LogP contribution in [0.3, 0.4) is 0 Å². The van der Waals surface area contributed by atoms with Crippen molar-refractivity contribution in [2.75, 3.05) is 19.6 Å². The van der Waals surface area contributed by atoms with Gasteiger partial charge in [-0.15, -0.1) is 0 Å². The first-order chi connectivity index (χ1) is 17.7. The van der Waals surface area contributed by atoms with Crippen LogP contribution in [0.5, 0.6) is 0 Å². The third kappa shape index (κ3) is 5.63. The first-order valence-electron chi connectivity index (χ1n) is 12.5. The van der Waals surface area contributed by atoms with Crippen LogP contribution in [0.2, 0.25) is 5.82 Å². The maximum absolute atomic E-state index is 12.8. The first-order valence-corrected chi connectivity index (χ1v) is 15.4. The third-order valence-electron chi connectivity index (χ3n) is 6.89. The molecule has 0 unspecified atom stereocenters. The fourth-order valence-corrected chi connectivity index (χ4v) is 11.0. The van der Waals surface area contributed by atoms with Gasteiger partial charge in [-0.25, -0.2) is 0 Å².